The van der Waals surface area contributed by atoms with Gasteiger partial charge in [-0.15, -0.1) is 0 Å². The van der Waals surface area contributed by atoms with Gasteiger partial charge in [0.2, 0.25) is 5.91 Å². The van der Waals surface area contributed by atoms with E-state index < -0.39 is 0 Å². The minimum atomic E-state index is -0.102. The molecule has 1 aliphatic rings. The van der Waals surface area contributed by atoms with Gasteiger partial charge in [0.15, 0.2) is 0 Å². The Morgan fingerprint density at radius 3 is 2.90 bits per heavy atom. The molecule has 2 N–H and O–H groups in total. The number of ether oxygens (including phenoxy) is 1. The number of hydrogen-bond acceptors (Lipinski definition) is 4. The molecule has 5 nitrogen and oxygen atoms in total. The highest BCUT2D eigenvalue weighted by molar-refractivity contribution is 5.81. The number of carbonyl (C=O) groups excluding carboxylic acids is 1. The molecule has 1 fully saturated rings. The van der Waals surface area contributed by atoms with Crippen LogP contribution in [0.5, 0.6) is 5.75 Å². The Morgan fingerprint density at radius 2 is 2.20 bits per heavy atom. The summed E-state index contributed by atoms with van der Waals surface area (Å²) in [7, 11) is 1.68. The van der Waals surface area contributed by atoms with E-state index in [0.717, 1.165) is 25.4 Å². The molecule has 1 saturated heterocycles. The number of carbonyl (C=O) groups is 1. The van der Waals surface area contributed by atoms with Gasteiger partial charge in [0.05, 0.1) is 0 Å². The lowest BCUT2D eigenvalue weighted by molar-refractivity contribution is -0.126. The molecule has 1 atom stereocenters. The molecule has 0 saturated carbocycles. The van der Waals surface area contributed by atoms with Crippen LogP contribution in [-0.4, -0.2) is 56.7 Å². The third-order valence-electron chi connectivity index (χ3n) is 3.57. The average molecular weight is 277 g/mol. The van der Waals surface area contributed by atoms with Crippen molar-refractivity contribution in [3.05, 3.63) is 29.8 Å². The summed E-state index contributed by atoms with van der Waals surface area (Å²) in [5.41, 5.74) is 1.22. The van der Waals surface area contributed by atoms with E-state index in [9.17, 15) is 4.79 Å². The summed E-state index contributed by atoms with van der Waals surface area (Å²) in [5.74, 6) is 0.940. The number of nitrogens with zero attached hydrogens (tertiary/aromatic N) is 1. The third-order valence-corrected chi connectivity index (χ3v) is 3.57. The van der Waals surface area contributed by atoms with E-state index in [4.69, 9.17) is 4.74 Å². The quantitative estimate of drug-likeness (QED) is 0.818. The minimum absolute atomic E-state index is 0.0625. The summed E-state index contributed by atoms with van der Waals surface area (Å²) in [6, 6.07) is 7.92. The Morgan fingerprint density at radius 1 is 1.45 bits per heavy atom. The van der Waals surface area contributed by atoms with Crippen molar-refractivity contribution in [1.29, 1.82) is 0 Å². The zero-order valence-corrected chi connectivity index (χ0v) is 12.2. The molecular formula is C15H23N3O2. The van der Waals surface area contributed by atoms with Gasteiger partial charge in [-0.05, 0) is 19.1 Å². The molecule has 0 bridgehead atoms. The predicted octanol–water partition coefficient (Wildman–Crippen LogP) is 0.394. The van der Waals surface area contributed by atoms with E-state index >= 15 is 0 Å². The lowest BCUT2D eigenvalue weighted by Crippen LogP contribution is -2.58. The van der Waals surface area contributed by atoms with Gasteiger partial charge in [0.25, 0.3) is 0 Å². The fraction of sp³-hybridized carbons (Fsp3) is 0.533. The molecule has 0 spiro atoms. The summed E-state index contributed by atoms with van der Waals surface area (Å²) in [6.45, 7) is 5.89. The number of rotatable bonds is 5. The van der Waals surface area contributed by atoms with Gasteiger partial charge in [-0.1, -0.05) is 17.7 Å². The van der Waals surface area contributed by atoms with Gasteiger partial charge >= 0.3 is 0 Å². The highest BCUT2D eigenvalue weighted by Crippen LogP contribution is 2.11. The van der Waals surface area contributed by atoms with Crippen LogP contribution in [0, 0.1) is 6.92 Å². The van der Waals surface area contributed by atoms with Gasteiger partial charge in [-0.25, -0.2) is 0 Å². The maximum absolute atomic E-state index is 11.8. The first-order valence-electron chi connectivity index (χ1n) is 7.06. The number of amides is 1. The van der Waals surface area contributed by atoms with E-state index in [1.807, 2.05) is 24.3 Å². The van der Waals surface area contributed by atoms with Gasteiger partial charge in [-0.2, -0.15) is 0 Å². The first-order valence-corrected chi connectivity index (χ1v) is 7.06. The number of benzene rings is 1. The summed E-state index contributed by atoms with van der Waals surface area (Å²) in [4.78, 5) is 14.0. The number of aryl methyl sites for hydroxylation is 1. The predicted molar refractivity (Wildman–Crippen MR) is 79.0 cm³/mol. The van der Waals surface area contributed by atoms with Crippen molar-refractivity contribution in [1.82, 2.24) is 15.5 Å². The summed E-state index contributed by atoms with van der Waals surface area (Å²) in [5, 5.41) is 5.97. The first-order chi connectivity index (χ1) is 9.70. The zero-order valence-electron chi connectivity index (χ0n) is 12.2. The van der Waals surface area contributed by atoms with Crippen molar-refractivity contribution in [2.45, 2.75) is 13.0 Å². The molecule has 1 amide bonds. The monoisotopic (exact) mass is 277 g/mol. The van der Waals surface area contributed by atoms with Crippen molar-refractivity contribution in [3.8, 4) is 5.75 Å². The van der Waals surface area contributed by atoms with Gasteiger partial charge in [-0.3, -0.25) is 9.69 Å². The molecule has 2 rings (SSSR count). The number of hydrogen-bond donors (Lipinski definition) is 2. The summed E-state index contributed by atoms with van der Waals surface area (Å²) in [6.07, 6.45) is 0. The van der Waals surface area contributed by atoms with Crippen LogP contribution >= 0.6 is 0 Å². The standard InChI is InChI=1S/C15H23N3O2/c1-12-3-5-13(6-4-12)20-10-9-18-8-7-17-11-14(18)15(19)16-2/h3-6,14,17H,7-11H2,1-2H3,(H,16,19). The molecule has 0 aromatic heterocycles. The zero-order chi connectivity index (χ0) is 14.4. The largest absolute Gasteiger partial charge is 0.492 e. The highest BCUT2D eigenvalue weighted by Gasteiger charge is 2.27. The van der Waals surface area contributed by atoms with E-state index in [0.29, 0.717) is 13.2 Å². The van der Waals surface area contributed by atoms with Crippen LogP contribution in [0.4, 0.5) is 0 Å². The van der Waals surface area contributed by atoms with Gasteiger partial charge in [0, 0.05) is 33.2 Å². The Kier molecular flexibility index (Phi) is 5.38. The number of likely N-dealkylation sites (N-methyl/N-ethyl adjacent to an activating group) is 1. The van der Waals surface area contributed by atoms with Crippen LogP contribution in [0.25, 0.3) is 0 Å². The van der Waals surface area contributed by atoms with Crippen molar-refractivity contribution in [2.24, 2.45) is 0 Å². The Balaban J connectivity index is 1.82. The second-order valence-electron chi connectivity index (χ2n) is 5.03. The van der Waals surface area contributed by atoms with Crippen LogP contribution in [0.1, 0.15) is 5.56 Å². The number of nitrogens with one attached hydrogen (secondary N) is 2. The topological polar surface area (TPSA) is 53.6 Å². The number of piperazine rings is 1. The first kappa shape index (κ1) is 14.8. The smallest absolute Gasteiger partial charge is 0.238 e. The Hall–Kier alpha value is -1.59. The van der Waals surface area contributed by atoms with Crippen molar-refractivity contribution >= 4 is 5.91 Å². The molecule has 1 unspecified atom stereocenters. The molecule has 1 heterocycles. The molecule has 1 aromatic rings. The maximum atomic E-state index is 11.8. The normalized spacial score (nSPS) is 19.6. The molecule has 110 valence electrons. The third kappa shape index (κ3) is 3.95. The van der Waals surface area contributed by atoms with E-state index in [2.05, 4.69) is 22.5 Å². The average Bonchev–Trinajstić information content (AvgIpc) is 2.49. The van der Waals surface area contributed by atoms with Crippen LogP contribution in [-0.2, 0) is 4.79 Å². The Bertz CT molecular complexity index is 433. The lowest BCUT2D eigenvalue weighted by atomic mass is 10.2. The molecule has 5 heteroatoms. The van der Waals surface area contributed by atoms with Crippen LogP contribution in [0.2, 0.25) is 0 Å². The SMILES string of the molecule is CNC(=O)C1CNCCN1CCOc1ccc(C)cc1. The van der Waals surface area contributed by atoms with Crippen LogP contribution in [0.15, 0.2) is 24.3 Å². The molecule has 0 radical (unpaired) electrons. The molecule has 1 aliphatic heterocycles. The molecular weight excluding hydrogens is 254 g/mol. The molecule has 20 heavy (non-hydrogen) atoms. The summed E-state index contributed by atoms with van der Waals surface area (Å²) >= 11 is 0. The Labute approximate surface area is 120 Å². The minimum Gasteiger partial charge on any atom is -0.492 e. The van der Waals surface area contributed by atoms with Crippen LogP contribution < -0.4 is 15.4 Å². The van der Waals surface area contributed by atoms with Gasteiger partial charge in [0.1, 0.15) is 18.4 Å². The lowest BCUT2D eigenvalue weighted by Gasteiger charge is -2.34. The fourth-order valence-electron chi connectivity index (χ4n) is 2.35. The maximum Gasteiger partial charge on any atom is 0.238 e. The van der Waals surface area contributed by atoms with Crippen molar-refractivity contribution < 1.29 is 9.53 Å². The second-order valence-corrected chi connectivity index (χ2v) is 5.03. The second kappa shape index (κ2) is 7.26. The molecule has 0 aliphatic carbocycles. The fourth-order valence-corrected chi connectivity index (χ4v) is 2.35. The summed E-state index contributed by atoms with van der Waals surface area (Å²) < 4.78 is 5.73. The molecule has 1 aromatic carbocycles. The van der Waals surface area contributed by atoms with Crippen molar-refractivity contribution in [3.63, 3.8) is 0 Å². The van der Waals surface area contributed by atoms with Crippen LogP contribution in [0.3, 0.4) is 0 Å². The van der Waals surface area contributed by atoms with E-state index in [1.165, 1.54) is 5.56 Å². The van der Waals surface area contributed by atoms with E-state index in [-0.39, 0.29) is 11.9 Å². The highest BCUT2D eigenvalue weighted by atomic mass is 16.5. The van der Waals surface area contributed by atoms with Gasteiger partial charge < -0.3 is 15.4 Å². The van der Waals surface area contributed by atoms with Crippen molar-refractivity contribution in [2.75, 3.05) is 39.8 Å². The van der Waals surface area contributed by atoms with E-state index in [1.54, 1.807) is 7.05 Å².